The number of hydrogen-bond acceptors (Lipinski definition) is 3. The Labute approximate surface area is 153 Å². The Morgan fingerprint density at radius 1 is 1.37 bits per heavy atom. The second-order valence-electron chi connectivity index (χ2n) is 6.89. The normalized spacial score (nSPS) is 18.4. The summed E-state index contributed by atoms with van der Waals surface area (Å²) >= 11 is 0. The maximum absolute atomic E-state index is 13.1. The zero-order valence-electron chi connectivity index (χ0n) is 14.7. The molecular weight excluding hydrogens is 364 g/mol. The summed E-state index contributed by atoms with van der Waals surface area (Å²) in [6, 6.07) is 4.80. The van der Waals surface area contributed by atoms with Crippen LogP contribution in [0.5, 0.6) is 0 Å². The minimum atomic E-state index is -4.46. The van der Waals surface area contributed by atoms with Crippen LogP contribution in [-0.2, 0) is 23.9 Å². The standard InChI is InChI=1S/C18H20F4N4O/c1-25(16(17(23)27)12-3-5-13(19)6-4-12)8-11-2-7-15-24-14(18(20,21)22)10-26(15)9-11/h3-6,10-11,16H,2,7-9H2,1H3,(H2,23,27). The molecule has 0 bridgehead atoms. The number of nitrogens with two attached hydrogens (primary N) is 1. The highest BCUT2D eigenvalue weighted by atomic mass is 19.4. The molecule has 2 N–H and O–H groups in total. The summed E-state index contributed by atoms with van der Waals surface area (Å²) in [6.07, 6.45) is -2.33. The van der Waals surface area contributed by atoms with E-state index in [1.54, 1.807) is 11.9 Å². The van der Waals surface area contributed by atoms with Gasteiger partial charge in [-0.05, 0) is 37.1 Å². The lowest BCUT2D eigenvalue weighted by molar-refractivity contribution is -0.141. The molecule has 0 spiro atoms. The number of likely N-dealkylation sites (N-methyl/N-ethyl adjacent to an activating group) is 1. The van der Waals surface area contributed by atoms with Gasteiger partial charge in [-0.2, -0.15) is 13.2 Å². The molecule has 0 saturated carbocycles. The summed E-state index contributed by atoms with van der Waals surface area (Å²) < 4.78 is 53.2. The Balaban J connectivity index is 1.71. The Kier molecular flexibility index (Phi) is 5.23. The van der Waals surface area contributed by atoms with E-state index in [2.05, 4.69) is 4.98 Å². The third-order valence-corrected chi connectivity index (χ3v) is 4.82. The molecule has 1 amide bonds. The summed E-state index contributed by atoms with van der Waals surface area (Å²) in [5.74, 6) is -0.515. The van der Waals surface area contributed by atoms with Crippen molar-refractivity contribution in [3.05, 3.63) is 53.4 Å². The largest absolute Gasteiger partial charge is 0.434 e. The number of rotatable bonds is 5. The summed E-state index contributed by atoms with van der Waals surface area (Å²) in [6.45, 7) is 0.849. The highest BCUT2D eigenvalue weighted by Crippen LogP contribution is 2.31. The van der Waals surface area contributed by atoms with E-state index < -0.39 is 29.6 Å². The SMILES string of the molecule is CN(CC1CCc2nc(C(F)(F)F)cn2C1)C(C(N)=O)c1ccc(F)cc1. The summed E-state index contributed by atoms with van der Waals surface area (Å²) in [7, 11) is 1.73. The maximum atomic E-state index is 13.1. The van der Waals surface area contributed by atoms with Crippen LogP contribution in [0.2, 0.25) is 0 Å². The van der Waals surface area contributed by atoms with E-state index in [0.717, 1.165) is 6.20 Å². The van der Waals surface area contributed by atoms with Crippen LogP contribution in [0.15, 0.2) is 30.5 Å². The van der Waals surface area contributed by atoms with Crippen molar-refractivity contribution in [1.29, 1.82) is 0 Å². The molecule has 1 aliphatic rings. The van der Waals surface area contributed by atoms with E-state index in [9.17, 15) is 22.4 Å². The topological polar surface area (TPSA) is 64.2 Å². The number of nitrogens with zero attached hydrogens (tertiary/aromatic N) is 3. The molecule has 1 aliphatic heterocycles. The fraction of sp³-hybridized carbons (Fsp3) is 0.444. The molecule has 1 aromatic heterocycles. The predicted octanol–water partition coefficient (Wildman–Crippen LogP) is 2.76. The molecule has 0 fully saturated rings. The monoisotopic (exact) mass is 384 g/mol. The number of alkyl halides is 3. The molecular formula is C18H20F4N4O. The number of halogens is 4. The number of primary amides is 1. The van der Waals surface area contributed by atoms with Crippen LogP contribution >= 0.6 is 0 Å². The number of amides is 1. The lowest BCUT2D eigenvalue weighted by atomic mass is 9.97. The Hall–Kier alpha value is -2.42. The first kappa shape index (κ1) is 19.3. The van der Waals surface area contributed by atoms with Crippen molar-refractivity contribution in [1.82, 2.24) is 14.5 Å². The fourth-order valence-corrected chi connectivity index (χ4v) is 3.59. The van der Waals surface area contributed by atoms with E-state index in [-0.39, 0.29) is 5.92 Å². The maximum Gasteiger partial charge on any atom is 0.434 e. The van der Waals surface area contributed by atoms with Gasteiger partial charge in [0.2, 0.25) is 5.91 Å². The van der Waals surface area contributed by atoms with Crippen LogP contribution in [0.1, 0.15) is 29.5 Å². The zero-order valence-corrected chi connectivity index (χ0v) is 14.7. The van der Waals surface area contributed by atoms with Gasteiger partial charge in [0.15, 0.2) is 5.69 Å². The van der Waals surface area contributed by atoms with E-state index in [1.165, 1.54) is 28.8 Å². The number of carbonyl (C=O) groups excluding carboxylic acids is 1. The molecule has 9 heteroatoms. The first-order valence-corrected chi connectivity index (χ1v) is 8.53. The number of carbonyl (C=O) groups is 1. The highest BCUT2D eigenvalue weighted by Gasteiger charge is 2.36. The quantitative estimate of drug-likeness (QED) is 0.807. The van der Waals surface area contributed by atoms with Gasteiger partial charge in [-0.15, -0.1) is 0 Å². The molecule has 5 nitrogen and oxygen atoms in total. The van der Waals surface area contributed by atoms with Gasteiger partial charge in [0, 0.05) is 25.7 Å². The lowest BCUT2D eigenvalue weighted by Gasteiger charge is -2.32. The zero-order chi connectivity index (χ0) is 19.8. The number of imidazole rings is 1. The minimum Gasteiger partial charge on any atom is -0.368 e. The van der Waals surface area contributed by atoms with Crippen molar-refractivity contribution < 1.29 is 22.4 Å². The van der Waals surface area contributed by atoms with Crippen molar-refractivity contribution in [2.75, 3.05) is 13.6 Å². The Morgan fingerprint density at radius 2 is 2.04 bits per heavy atom. The van der Waals surface area contributed by atoms with Gasteiger partial charge in [-0.3, -0.25) is 9.69 Å². The number of fused-ring (bicyclic) bond motifs is 1. The van der Waals surface area contributed by atoms with E-state index in [1.807, 2.05) is 0 Å². The molecule has 2 aromatic rings. The lowest BCUT2D eigenvalue weighted by Crippen LogP contribution is -2.39. The average molecular weight is 384 g/mol. The molecule has 2 heterocycles. The molecule has 0 radical (unpaired) electrons. The van der Waals surface area contributed by atoms with Crippen LogP contribution in [0.3, 0.4) is 0 Å². The summed E-state index contributed by atoms with van der Waals surface area (Å²) in [5, 5.41) is 0. The second kappa shape index (κ2) is 7.30. The fourth-order valence-electron chi connectivity index (χ4n) is 3.59. The minimum absolute atomic E-state index is 0.0417. The molecule has 1 aromatic carbocycles. The molecule has 2 unspecified atom stereocenters. The van der Waals surface area contributed by atoms with Gasteiger partial charge in [-0.1, -0.05) is 12.1 Å². The van der Waals surface area contributed by atoms with Gasteiger partial charge >= 0.3 is 6.18 Å². The van der Waals surface area contributed by atoms with E-state index in [0.29, 0.717) is 37.3 Å². The Bertz CT molecular complexity index is 816. The molecule has 146 valence electrons. The smallest absolute Gasteiger partial charge is 0.368 e. The number of hydrogen-bond donors (Lipinski definition) is 1. The predicted molar refractivity (Wildman–Crippen MR) is 90.0 cm³/mol. The summed E-state index contributed by atoms with van der Waals surface area (Å²) in [4.78, 5) is 17.4. The molecule has 27 heavy (non-hydrogen) atoms. The third-order valence-electron chi connectivity index (χ3n) is 4.82. The van der Waals surface area contributed by atoms with Crippen LogP contribution in [0.25, 0.3) is 0 Å². The van der Waals surface area contributed by atoms with Crippen molar-refractivity contribution in [2.24, 2.45) is 11.7 Å². The van der Waals surface area contributed by atoms with Gasteiger partial charge in [0.25, 0.3) is 0 Å². The molecule has 2 atom stereocenters. The van der Waals surface area contributed by atoms with Crippen LogP contribution < -0.4 is 5.73 Å². The molecule has 0 saturated heterocycles. The number of benzene rings is 1. The first-order chi connectivity index (χ1) is 12.6. The van der Waals surface area contributed by atoms with Crippen LogP contribution in [0, 0.1) is 11.7 Å². The second-order valence-corrected chi connectivity index (χ2v) is 6.89. The van der Waals surface area contributed by atoms with Crippen molar-refractivity contribution >= 4 is 5.91 Å². The number of aryl methyl sites for hydroxylation is 1. The third kappa shape index (κ3) is 4.29. The summed E-state index contributed by atoms with van der Waals surface area (Å²) in [5.41, 5.74) is 5.22. The molecule has 0 aliphatic carbocycles. The number of aromatic nitrogens is 2. The van der Waals surface area contributed by atoms with Crippen molar-refractivity contribution in [2.45, 2.75) is 31.6 Å². The first-order valence-electron chi connectivity index (χ1n) is 8.53. The Morgan fingerprint density at radius 3 is 2.63 bits per heavy atom. The van der Waals surface area contributed by atoms with Crippen molar-refractivity contribution in [3.63, 3.8) is 0 Å². The van der Waals surface area contributed by atoms with Crippen LogP contribution in [-0.4, -0.2) is 34.0 Å². The van der Waals surface area contributed by atoms with Crippen molar-refractivity contribution in [3.8, 4) is 0 Å². The molecule has 3 rings (SSSR count). The van der Waals surface area contributed by atoms with Gasteiger partial charge in [-0.25, -0.2) is 9.37 Å². The van der Waals surface area contributed by atoms with E-state index >= 15 is 0 Å². The van der Waals surface area contributed by atoms with Crippen LogP contribution in [0.4, 0.5) is 17.6 Å². The average Bonchev–Trinajstić information content (AvgIpc) is 3.00. The van der Waals surface area contributed by atoms with Gasteiger partial charge in [0.1, 0.15) is 17.7 Å². The highest BCUT2D eigenvalue weighted by molar-refractivity contribution is 5.81. The van der Waals surface area contributed by atoms with Gasteiger partial charge in [0.05, 0.1) is 0 Å². The van der Waals surface area contributed by atoms with Gasteiger partial charge < -0.3 is 10.3 Å². The van der Waals surface area contributed by atoms with E-state index in [4.69, 9.17) is 5.73 Å².